The van der Waals surface area contributed by atoms with Crippen molar-refractivity contribution in [2.45, 2.75) is 38.3 Å². The first kappa shape index (κ1) is 10.9. The molecule has 2 heterocycles. The summed E-state index contributed by atoms with van der Waals surface area (Å²) in [5, 5.41) is 6.51. The molecule has 4 nitrogen and oxygen atoms in total. The van der Waals surface area contributed by atoms with Gasteiger partial charge >= 0.3 is 0 Å². The highest BCUT2D eigenvalue weighted by Gasteiger charge is 2.28. The number of fused-ring (bicyclic) bond motifs is 2. The largest absolute Gasteiger partial charge is 0.355 e. The number of hydrogen-bond donors (Lipinski definition) is 2. The van der Waals surface area contributed by atoms with Gasteiger partial charge in [-0.15, -0.1) is 0 Å². The summed E-state index contributed by atoms with van der Waals surface area (Å²) >= 11 is 0. The van der Waals surface area contributed by atoms with E-state index in [4.69, 9.17) is 0 Å². The number of nitrogens with one attached hydrogen (secondary N) is 2. The summed E-state index contributed by atoms with van der Waals surface area (Å²) in [5.74, 6) is 0.0736. The molecule has 2 fully saturated rings. The molecule has 86 valence electrons. The van der Waals surface area contributed by atoms with Crippen LogP contribution in [0.2, 0.25) is 0 Å². The van der Waals surface area contributed by atoms with Crippen LogP contribution in [-0.2, 0) is 4.79 Å². The van der Waals surface area contributed by atoms with Crippen LogP contribution in [0, 0.1) is 0 Å². The summed E-state index contributed by atoms with van der Waals surface area (Å²) in [5.41, 5.74) is 0. The number of amides is 1. The van der Waals surface area contributed by atoms with E-state index in [1.807, 2.05) is 0 Å². The van der Waals surface area contributed by atoms with Gasteiger partial charge in [-0.05, 0) is 25.8 Å². The Hall–Kier alpha value is -0.610. The first-order valence-electron chi connectivity index (χ1n) is 5.97. The molecule has 1 amide bonds. The van der Waals surface area contributed by atoms with E-state index in [2.05, 4.69) is 15.5 Å². The van der Waals surface area contributed by atoms with Crippen molar-refractivity contribution >= 4 is 5.91 Å². The standard InChI is InChI=1S/C11H21N3O/c1-9(15)12-5-7-14-6-4-10-2-3-11(8-14)13-10/h10-11,13H,2-8H2,1H3,(H,12,15). The summed E-state index contributed by atoms with van der Waals surface area (Å²) in [6, 6.07) is 1.44. The number of likely N-dealkylation sites (tertiary alicyclic amines) is 1. The van der Waals surface area contributed by atoms with E-state index in [1.54, 1.807) is 6.92 Å². The molecule has 15 heavy (non-hydrogen) atoms. The highest BCUT2D eigenvalue weighted by Crippen LogP contribution is 2.19. The topological polar surface area (TPSA) is 44.4 Å². The van der Waals surface area contributed by atoms with Gasteiger partial charge in [0.2, 0.25) is 5.91 Å². The highest BCUT2D eigenvalue weighted by molar-refractivity contribution is 5.72. The third-order valence-corrected chi connectivity index (χ3v) is 3.41. The Kier molecular flexibility index (Phi) is 3.59. The van der Waals surface area contributed by atoms with E-state index in [-0.39, 0.29) is 5.91 Å². The summed E-state index contributed by atoms with van der Waals surface area (Å²) in [6.07, 6.45) is 3.93. The molecule has 0 aromatic carbocycles. The lowest BCUT2D eigenvalue weighted by molar-refractivity contribution is -0.119. The molecule has 0 aromatic heterocycles. The van der Waals surface area contributed by atoms with Crippen molar-refractivity contribution in [1.82, 2.24) is 15.5 Å². The number of carbonyl (C=O) groups is 1. The van der Waals surface area contributed by atoms with Crippen molar-refractivity contribution in [1.29, 1.82) is 0 Å². The van der Waals surface area contributed by atoms with Gasteiger partial charge in [0.25, 0.3) is 0 Å². The van der Waals surface area contributed by atoms with Crippen LogP contribution in [0.25, 0.3) is 0 Å². The Labute approximate surface area is 91.4 Å². The molecule has 0 aromatic rings. The van der Waals surface area contributed by atoms with Crippen molar-refractivity contribution in [2.75, 3.05) is 26.2 Å². The fraction of sp³-hybridized carbons (Fsp3) is 0.909. The number of rotatable bonds is 3. The molecule has 2 bridgehead atoms. The molecule has 2 saturated heterocycles. The third-order valence-electron chi connectivity index (χ3n) is 3.41. The first-order chi connectivity index (χ1) is 7.24. The van der Waals surface area contributed by atoms with Crippen LogP contribution in [0.3, 0.4) is 0 Å². The van der Waals surface area contributed by atoms with E-state index in [9.17, 15) is 4.79 Å². The van der Waals surface area contributed by atoms with E-state index < -0.39 is 0 Å². The summed E-state index contributed by atoms with van der Waals surface area (Å²) < 4.78 is 0. The summed E-state index contributed by atoms with van der Waals surface area (Å²) in [6.45, 7) is 5.67. The fourth-order valence-electron chi connectivity index (χ4n) is 2.61. The Morgan fingerprint density at radius 1 is 1.40 bits per heavy atom. The van der Waals surface area contributed by atoms with Gasteiger partial charge in [0.05, 0.1) is 0 Å². The SMILES string of the molecule is CC(=O)NCCN1CCC2CCC(C1)N2. The van der Waals surface area contributed by atoms with Crippen LogP contribution in [-0.4, -0.2) is 49.1 Å². The van der Waals surface area contributed by atoms with Gasteiger partial charge in [-0.2, -0.15) is 0 Å². The van der Waals surface area contributed by atoms with Gasteiger partial charge in [0, 0.05) is 38.6 Å². The lowest BCUT2D eigenvalue weighted by Crippen LogP contribution is -2.39. The van der Waals surface area contributed by atoms with Crippen molar-refractivity contribution in [3.05, 3.63) is 0 Å². The molecule has 2 rings (SSSR count). The molecule has 2 atom stereocenters. The van der Waals surface area contributed by atoms with Crippen molar-refractivity contribution in [3.8, 4) is 0 Å². The molecular formula is C11H21N3O. The van der Waals surface area contributed by atoms with Gasteiger partial charge in [-0.3, -0.25) is 9.69 Å². The van der Waals surface area contributed by atoms with Gasteiger partial charge in [-0.1, -0.05) is 0 Å². The molecule has 0 spiro atoms. The minimum atomic E-state index is 0.0736. The maximum absolute atomic E-state index is 10.7. The lowest BCUT2D eigenvalue weighted by Gasteiger charge is -2.23. The van der Waals surface area contributed by atoms with Crippen molar-refractivity contribution < 1.29 is 4.79 Å². The molecule has 2 unspecified atom stereocenters. The van der Waals surface area contributed by atoms with Crippen LogP contribution >= 0.6 is 0 Å². The Balaban J connectivity index is 1.71. The van der Waals surface area contributed by atoms with Crippen molar-refractivity contribution in [2.24, 2.45) is 0 Å². The number of hydrogen-bond acceptors (Lipinski definition) is 3. The van der Waals surface area contributed by atoms with E-state index in [0.29, 0.717) is 6.04 Å². The predicted octanol–water partition coefficient (Wildman–Crippen LogP) is -0.0512. The highest BCUT2D eigenvalue weighted by atomic mass is 16.1. The molecule has 0 aliphatic carbocycles. The molecule has 2 aliphatic rings. The second-order valence-corrected chi connectivity index (χ2v) is 4.71. The van der Waals surface area contributed by atoms with E-state index >= 15 is 0 Å². The van der Waals surface area contributed by atoms with Gasteiger partial charge in [0.15, 0.2) is 0 Å². The molecule has 4 heteroatoms. The third kappa shape index (κ3) is 3.18. The maximum atomic E-state index is 10.7. The van der Waals surface area contributed by atoms with Gasteiger partial charge in [0.1, 0.15) is 0 Å². The van der Waals surface area contributed by atoms with Crippen LogP contribution in [0.1, 0.15) is 26.2 Å². The predicted molar refractivity (Wildman–Crippen MR) is 59.7 cm³/mol. The second kappa shape index (κ2) is 4.94. The van der Waals surface area contributed by atoms with E-state index in [0.717, 1.165) is 25.7 Å². The monoisotopic (exact) mass is 211 g/mol. The Bertz CT molecular complexity index is 232. The zero-order valence-corrected chi connectivity index (χ0v) is 9.46. The average Bonchev–Trinajstić information content (AvgIpc) is 2.49. The van der Waals surface area contributed by atoms with Crippen molar-refractivity contribution in [3.63, 3.8) is 0 Å². The normalized spacial score (nSPS) is 31.3. The lowest BCUT2D eigenvalue weighted by atomic mass is 10.1. The molecule has 2 aliphatic heterocycles. The summed E-state index contributed by atoms with van der Waals surface area (Å²) in [7, 11) is 0. The Morgan fingerprint density at radius 3 is 3.00 bits per heavy atom. The summed E-state index contributed by atoms with van der Waals surface area (Å²) in [4.78, 5) is 13.2. The van der Waals surface area contributed by atoms with Crippen LogP contribution in [0.15, 0.2) is 0 Å². The number of carbonyl (C=O) groups excluding carboxylic acids is 1. The minimum Gasteiger partial charge on any atom is -0.355 e. The van der Waals surface area contributed by atoms with Gasteiger partial charge < -0.3 is 10.6 Å². The quantitative estimate of drug-likeness (QED) is 0.688. The fourth-order valence-corrected chi connectivity index (χ4v) is 2.61. The molecular weight excluding hydrogens is 190 g/mol. The first-order valence-corrected chi connectivity index (χ1v) is 5.97. The molecule has 0 saturated carbocycles. The van der Waals surface area contributed by atoms with Crippen LogP contribution in [0.4, 0.5) is 0 Å². The zero-order valence-electron chi connectivity index (χ0n) is 9.46. The average molecular weight is 211 g/mol. The zero-order chi connectivity index (χ0) is 10.7. The molecule has 0 radical (unpaired) electrons. The van der Waals surface area contributed by atoms with Crippen LogP contribution < -0.4 is 10.6 Å². The smallest absolute Gasteiger partial charge is 0.216 e. The maximum Gasteiger partial charge on any atom is 0.216 e. The minimum absolute atomic E-state index is 0.0736. The van der Waals surface area contributed by atoms with Crippen LogP contribution in [0.5, 0.6) is 0 Å². The van der Waals surface area contributed by atoms with E-state index in [1.165, 1.54) is 25.8 Å². The van der Waals surface area contributed by atoms with Gasteiger partial charge in [-0.25, -0.2) is 0 Å². The Morgan fingerprint density at radius 2 is 2.20 bits per heavy atom. The second-order valence-electron chi connectivity index (χ2n) is 4.71. The molecule has 2 N–H and O–H groups in total. The number of nitrogens with zero attached hydrogens (tertiary/aromatic N) is 1.